The Bertz CT molecular complexity index is 862. The van der Waals surface area contributed by atoms with E-state index in [1.54, 1.807) is 12.4 Å². The zero-order valence-electron chi connectivity index (χ0n) is 13.7. The van der Waals surface area contributed by atoms with Gasteiger partial charge >= 0.3 is 0 Å². The van der Waals surface area contributed by atoms with Crippen LogP contribution in [0.4, 0.5) is 5.69 Å². The molecule has 10 heteroatoms. The Morgan fingerprint density at radius 3 is 2.68 bits per heavy atom. The van der Waals surface area contributed by atoms with Gasteiger partial charge in [0.2, 0.25) is 10.0 Å². The van der Waals surface area contributed by atoms with Crippen molar-refractivity contribution in [2.45, 2.75) is 11.8 Å². The fourth-order valence-corrected chi connectivity index (χ4v) is 4.65. The normalized spacial score (nSPS) is 19.0. The third-order valence-corrected chi connectivity index (χ3v) is 6.05. The van der Waals surface area contributed by atoms with Crippen LogP contribution in [0.5, 0.6) is 0 Å². The molecule has 1 aliphatic rings. The maximum atomic E-state index is 12.9. The first-order valence-electron chi connectivity index (χ1n) is 7.79. The first kappa shape index (κ1) is 17.5. The monoisotopic (exact) mass is 365 g/mol. The second-order valence-corrected chi connectivity index (χ2v) is 7.83. The molecule has 0 aliphatic carbocycles. The van der Waals surface area contributed by atoms with E-state index < -0.39 is 14.9 Å². The summed E-state index contributed by atoms with van der Waals surface area (Å²) in [5, 5.41) is 13.9. The Kier molecular flexibility index (Phi) is 4.84. The molecule has 0 saturated carbocycles. The Morgan fingerprint density at radius 1 is 1.36 bits per heavy atom. The van der Waals surface area contributed by atoms with Gasteiger partial charge in [-0.25, -0.2) is 13.4 Å². The number of hydrogen-bond donors (Lipinski definition) is 1. The van der Waals surface area contributed by atoms with E-state index in [1.165, 1.54) is 28.6 Å². The molecule has 1 atom stereocenters. The van der Waals surface area contributed by atoms with E-state index in [4.69, 9.17) is 0 Å². The van der Waals surface area contributed by atoms with E-state index >= 15 is 0 Å². The number of hydrogen-bond acceptors (Lipinski definition) is 6. The van der Waals surface area contributed by atoms with E-state index in [0.717, 1.165) is 0 Å². The highest BCUT2D eigenvalue weighted by atomic mass is 32.2. The molecule has 1 unspecified atom stereocenters. The topological polar surface area (TPSA) is 110 Å². The third-order valence-electron chi connectivity index (χ3n) is 4.20. The molecule has 3 rings (SSSR count). The Balaban J connectivity index is 1.84. The summed E-state index contributed by atoms with van der Waals surface area (Å²) in [5.41, 5.74) is 0.455. The fraction of sp³-hybridized carbons (Fsp3) is 0.400. The smallest absolute Gasteiger partial charge is 0.269 e. The molecular weight excluding hydrogens is 346 g/mol. The van der Waals surface area contributed by atoms with Gasteiger partial charge in [0.15, 0.2) is 0 Å². The maximum Gasteiger partial charge on any atom is 0.269 e. The number of benzene rings is 1. The molecule has 0 spiro atoms. The molecule has 9 nitrogen and oxygen atoms in total. The van der Waals surface area contributed by atoms with Gasteiger partial charge in [-0.15, -0.1) is 0 Å². The number of non-ortho nitro benzene ring substituents is 1. The molecule has 2 aromatic rings. The van der Waals surface area contributed by atoms with Crippen molar-refractivity contribution in [3.63, 3.8) is 0 Å². The van der Waals surface area contributed by atoms with Crippen LogP contribution < -0.4 is 5.32 Å². The van der Waals surface area contributed by atoms with Gasteiger partial charge in [-0.2, -0.15) is 4.31 Å². The van der Waals surface area contributed by atoms with Crippen LogP contribution in [0, 0.1) is 10.1 Å². The van der Waals surface area contributed by atoms with Crippen LogP contribution in [0.15, 0.2) is 36.7 Å². The van der Waals surface area contributed by atoms with Gasteiger partial charge in [-0.05, 0) is 5.56 Å². The first-order valence-corrected chi connectivity index (χ1v) is 9.40. The summed E-state index contributed by atoms with van der Waals surface area (Å²) < 4.78 is 29.1. The van der Waals surface area contributed by atoms with Gasteiger partial charge in [0.1, 0.15) is 5.82 Å². The van der Waals surface area contributed by atoms with Crippen LogP contribution in [-0.2, 0) is 22.8 Å². The minimum absolute atomic E-state index is 0.0609. The van der Waals surface area contributed by atoms with Crippen molar-refractivity contribution in [2.75, 3.05) is 19.6 Å². The number of nitro groups is 1. The number of sulfonamides is 1. The first-order chi connectivity index (χ1) is 11.9. The third kappa shape index (κ3) is 3.70. The van der Waals surface area contributed by atoms with Gasteiger partial charge < -0.3 is 9.88 Å². The number of nitrogens with one attached hydrogen (secondary N) is 1. The van der Waals surface area contributed by atoms with Crippen molar-refractivity contribution in [1.82, 2.24) is 19.2 Å². The molecule has 0 amide bonds. The zero-order chi connectivity index (χ0) is 18.0. The minimum atomic E-state index is -3.59. The summed E-state index contributed by atoms with van der Waals surface area (Å²) in [6.07, 6.45) is 3.43. The molecule has 134 valence electrons. The Hall–Kier alpha value is -2.30. The van der Waals surface area contributed by atoms with Crippen LogP contribution in [0.2, 0.25) is 0 Å². The van der Waals surface area contributed by atoms with Crippen molar-refractivity contribution >= 4 is 15.7 Å². The minimum Gasteiger partial charge on any atom is -0.337 e. The van der Waals surface area contributed by atoms with E-state index in [2.05, 4.69) is 10.3 Å². The van der Waals surface area contributed by atoms with Crippen LogP contribution >= 0.6 is 0 Å². The lowest BCUT2D eigenvalue weighted by Gasteiger charge is -2.34. The Labute approximate surface area is 145 Å². The number of nitrogens with zero attached hydrogens (tertiary/aromatic N) is 4. The molecular formula is C15H19N5O4S. The van der Waals surface area contributed by atoms with Gasteiger partial charge in [0.25, 0.3) is 5.69 Å². The molecule has 1 fully saturated rings. The van der Waals surface area contributed by atoms with Crippen molar-refractivity contribution in [3.8, 4) is 0 Å². The number of imidazole rings is 1. The van der Waals surface area contributed by atoms with E-state index in [9.17, 15) is 18.5 Å². The Morgan fingerprint density at radius 2 is 2.08 bits per heavy atom. The van der Waals surface area contributed by atoms with Crippen molar-refractivity contribution in [1.29, 1.82) is 0 Å². The predicted octanol–water partition coefficient (Wildman–Crippen LogP) is 0.805. The van der Waals surface area contributed by atoms with Crippen LogP contribution in [0.1, 0.15) is 17.4 Å². The largest absolute Gasteiger partial charge is 0.337 e. The fourth-order valence-electron chi connectivity index (χ4n) is 2.94. The summed E-state index contributed by atoms with van der Waals surface area (Å²) in [5.74, 6) is 0.478. The second kappa shape index (κ2) is 6.90. The van der Waals surface area contributed by atoms with E-state index in [0.29, 0.717) is 31.0 Å². The molecule has 2 heterocycles. The summed E-state index contributed by atoms with van der Waals surface area (Å²) >= 11 is 0. The van der Waals surface area contributed by atoms with Crippen molar-refractivity contribution in [2.24, 2.45) is 7.05 Å². The molecule has 1 saturated heterocycles. The van der Waals surface area contributed by atoms with Crippen molar-refractivity contribution < 1.29 is 13.3 Å². The quantitative estimate of drug-likeness (QED) is 0.620. The number of aryl methyl sites for hydroxylation is 1. The maximum absolute atomic E-state index is 12.9. The number of nitro benzene ring substituents is 1. The van der Waals surface area contributed by atoms with Gasteiger partial charge in [-0.1, -0.05) is 12.1 Å². The highest BCUT2D eigenvalue weighted by Crippen LogP contribution is 2.26. The van der Waals surface area contributed by atoms with Gasteiger partial charge in [0.05, 0.1) is 16.7 Å². The number of rotatable bonds is 5. The average Bonchev–Trinajstić information content (AvgIpc) is 3.01. The molecule has 1 aromatic heterocycles. The molecule has 0 bridgehead atoms. The molecule has 1 aromatic carbocycles. The van der Waals surface area contributed by atoms with E-state index in [1.807, 2.05) is 11.6 Å². The molecule has 1 aliphatic heterocycles. The highest BCUT2D eigenvalue weighted by Gasteiger charge is 2.35. The van der Waals surface area contributed by atoms with Crippen LogP contribution in [0.3, 0.4) is 0 Å². The SMILES string of the molecule is Cn1ccnc1C1CNCCN1S(=O)(=O)Cc1ccc([N+](=O)[O-])cc1. The summed E-state index contributed by atoms with van der Waals surface area (Å²) in [4.78, 5) is 14.5. The standard InChI is InChI=1S/C15H19N5O4S/c1-18-8-7-17-15(18)14-10-16-6-9-19(14)25(23,24)11-12-2-4-13(5-3-12)20(21)22/h2-5,7-8,14,16H,6,9-11H2,1H3. The molecule has 0 radical (unpaired) electrons. The van der Waals surface area contributed by atoms with Crippen LogP contribution in [-0.4, -0.2) is 46.8 Å². The summed E-state index contributed by atoms with van der Waals surface area (Å²) in [7, 11) is -1.76. The second-order valence-electron chi connectivity index (χ2n) is 5.91. The number of piperazine rings is 1. The molecule has 25 heavy (non-hydrogen) atoms. The van der Waals surface area contributed by atoms with E-state index in [-0.39, 0.29) is 17.5 Å². The average molecular weight is 365 g/mol. The lowest BCUT2D eigenvalue weighted by atomic mass is 10.2. The number of aromatic nitrogens is 2. The van der Waals surface area contributed by atoms with Crippen molar-refractivity contribution in [3.05, 3.63) is 58.2 Å². The highest BCUT2D eigenvalue weighted by molar-refractivity contribution is 7.88. The molecule has 1 N–H and O–H groups in total. The lowest BCUT2D eigenvalue weighted by Crippen LogP contribution is -2.49. The lowest BCUT2D eigenvalue weighted by molar-refractivity contribution is -0.384. The van der Waals surface area contributed by atoms with Gasteiger partial charge in [0, 0.05) is 51.2 Å². The summed E-state index contributed by atoms with van der Waals surface area (Å²) in [6, 6.07) is 5.22. The summed E-state index contributed by atoms with van der Waals surface area (Å²) in [6.45, 7) is 1.41. The van der Waals surface area contributed by atoms with Crippen LogP contribution in [0.25, 0.3) is 0 Å². The predicted molar refractivity (Wildman–Crippen MR) is 91.2 cm³/mol. The zero-order valence-corrected chi connectivity index (χ0v) is 14.5. The van der Waals surface area contributed by atoms with Gasteiger partial charge in [-0.3, -0.25) is 10.1 Å².